The van der Waals surface area contributed by atoms with Crippen LogP contribution in [0.2, 0.25) is 0 Å². The Morgan fingerprint density at radius 1 is 1.11 bits per heavy atom. The van der Waals surface area contributed by atoms with Crippen LogP contribution in [0.25, 0.3) is 22.2 Å². The summed E-state index contributed by atoms with van der Waals surface area (Å²) >= 11 is 0. The Morgan fingerprint density at radius 2 is 1.84 bits per heavy atom. The molecule has 1 aromatic heterocycles. The molecule has 1 heterocycles. The lowest BCUT2D eigenvalue weighted by Gasteiger charge is -1.97. The molecule has 2 aromatic carbocycles. The highest BCUT2D eigenvalue weighted by molar-refractivity contribution is 5.97. The van der Waals surface area contributed by atoms with Crippen molar-refractivity contribution in [2.75, 3.05) is 0 Å². The van der Waals surface area contributed by atoms with E-state index in [1.165, 1.54) is 0 Å². The van der Waals surface area contributed by atoms with Crippen molar-refractivity contribution < 1.29 is 4.92 Å². The molecule has 0 saturated heterocycles. The first kappa shape index (κ1) is 11.5. The summed E-state index contributed by atoms with van der Waals surface area (Å²) in [6.45, 7) is 1.97. The van der Waals surface area contributed by atoms with Crippen LogP contribution >= 0.6 is 0 Å². The molecule has 0 aliphatic carbocycles. The second-order valence-electron chi connectivity index (χ2n) is 4.52. The van der Waals surface area contributed by atoms with Crippen LogP contribution in [0.15, 0.2) is 48.5 Å². The lowest BCUT2D eigenvalue weighted by Crippen LogP contribution is -1.89. The topological polar surface area (TPSA) is 58.9 Å². The number of H-pyrrole nitrogens is 1. The molecule has 0 atom stereocenters. The summed E-state index contributed by atoms with van der Waals surface area (Å²) < 4.78 is 0. The standard InChI is InChI=1S/C15H12N2O2/c1-10-7-8-12-13(9-10)16-14(15(12)17(18)19)11-5-3-2-4-6-11/h2-9,16H,1H3. The van der Waals surface area contributed by atoms with E-state index in [0.29, 0.717) is 11.1 Å². The average Bonchev–Trinajstić information content (AvgIpc) is 2.78. The number of hydrogen-bond acceptors (Lipinski definition) is 2. The second kappa shape index (κ2) is 4.24. The van der Waals surface area contributed by atoms with Gasteiger partial charge in [-0.05, 0) is 24.6 Å². The Labute approximate surface area is 109 Å². The molecule has 0 radical (unpaired) electrons. The zero-order valence-electron chi connectivity index (χ0n) is 10.4. The van der Waals surface area contributed by atoms with Gasteiger partial charge in [-0.2, -0.15) is 0 Å². The highest BCUT2D eigenvalue weighted by Crippen LogP contribution is 2.36. The Morgan fingerprint density at radius 3 is 2.53 bits per heavy atom. The van der Waals surface area contributed by atoms with Crippen molar-refractivity contribution >= 4 is 16.6 Å². The maximum absolute atomic E-state index is 11.3. The van der Waals surface area contributed by atoms with Crippen LogP contribution in [-0.4, -0.2) is 9.91 Å². The van der Waals surface area contributed by atoms with Gasteiger partial charge in [-0.3, -0.25) is 10.1 Å². The van der Waals surface area contributed by atoms with Crippen LogP contribution in [0.3, 0.4) is 0 Å². The third-order valence-corrected chi connectivity index (χ3v) is 3.17. The van der Waals surface area contributed by atoms with Crippen LogP contribution in [0.1, 0.15) is 5.56 Å². The number of aromatic amines is 1. The maximum atomic E-state index is 11.3. The lowest BCUT2D eigenvalue weighted by atomic mass is 10.1. The Balaban J connectivity index is 2.35. The van der Waals surface area contributed by atoms with Crippen LogP contribution < -0.4 is 0 Å². The number of hydrogen-bond donors (Lipinski definition) is 1. The number of nitro groups is 1. The maximum Gasteiger partial charge on any atom is 0.302 e. The van der Waals surface area contributed by atoms with E-state index in [1.807, 2.05) is 49.4 Å². The smallest absolute Gasteiger partial charge is 0.302 e. The van der Waals surface area contributed by atoms with Crippen molar-refractivity contribution in [2.24, 2.45) is 0 Å². The molecule has 1 N–H and O–H groups in total. The summed E-state index contributed by atoms with van der Waals surface area (Å²) in [5.74, 6) is 0. The van der Waals surface area contributed by atoms with E-state index >= 15 is 0 Å². The molecule has 3 rings (SSSR count). The van der Waals surface area contributed by atoms with Gasteiger partial charge in [0.25, 0.3) is 0 Å². The monoisotopic (exact) mass is 252 g/mol. The fourth-order valence-corrected chi connectivity index (χ4v) is 2.30. The third-order valence-electron chi connectivity index (χ3n) is 3.17. The molecule has 3 aromatic rings. The van der Waals surface area contributed by atoms with Gasteiger partial charge in [-0.15, -0.1) is 0 Å². The SMILES string of the molecule is Cc1ccc2c([N+](=O)[O-])c(-c3ccccc3)[nH]c2c1. The molecule has 0 spiro atoms. The number of aromatic nitrogens is 1. The molecule has 0 bridgehead atoms. The second-order valence-corrected chi connectivity index (χ2v) is 4.52. The first-order valence-electron chi connectivity index (χ1n) is 5.99. The van der Waals surface area contributed by atoms with Crippen LogP contribution in [0.4, 0.5) is 5.69 Å². The number of nitrogens with zero attached hydrogens (tertiary/aromatic N) is 1. The van der Waals surface area contributed by atoms with Gasteiger partial charge in [0.1, 0.15) is 5.69 Å². The van der Waals surface area contributed by atoms with Crippen LogP contribution in [0, 0.1) is 17.0 Å². The van der Waals surface area contributed by atoms with Crippen LogP contribution in [0.5, 0.6) is 0 Å². The van der Waals surface area contributed by atoms with Crippen molar-refractivity contribution in [1.29, 1.82) is 0 Å². The molecule has 0 saturated carbocycles. The predicted octanol–water partition coefficient (Wildman–Crippen LogP) is 4.05. The van der Waals surface area contributed by atoms with Crippen molar-refractivity contribution in [3.63, 3.8) is 0 Å². The van der Waals surface area contributed by atoms with E-state index in [-0.39, 0.29) is 10.6 Å². The normalized spacial score (nSPS) is 10.8. The zero-order valence-corrected chi connectivity index (χ0v) is 10.4. The molecule has 94 valence electrons. The Hall–Kier alpha value is -2.62. The van der Waals surface area contributed by atoms with Gasteiger partial charge >= 0.3 is 5.69 Å². The minimum Gasteiger partial charge on any atom is -0.349 e. The molecule has 0 aliphatic rings. The quantitative estimate of drug-likeness (QED) is 0.552. The molecule has 0 fully saturated rings. The molecule has 4 nitrogen and oxygen atoms in total. The van der Waals surface area contributed by atoms with Gasteiger partial charge in [0, 0.05) is 5.56 Å². The number of benzene rings is 2. The van der Waals surface area contributed by atoms with E-state index in [9.17, 15) is 10.1 Å². The Bertz CT molecular complexity index is 760. The van der Waals surface area contributed by atoms with Gasteiger partial charge in [-0.1, -0.05) is 36.4 Å². The number of aryl methyl sites for hydroxylation is 1. The molecule has 19 heavy (non-hydrogen) atoms. The van der Waals surface area contributed by atoms with Crippen molar-refractivity contribution in [3.8, 4) is 11.3 Å². The fourth-order valence-electron chi connectivity index (χ4n) is 2.30. The molecular formula is C15H12N2O2. The van der Waals surface area contributed by atoms with Crippen LogP contribution in [-0.2, 0) is 0 Å². The van der Waals surface area contributed by atoms with Gasteiger partial charge in [-0.25, -0.2) is 0 Å². The van der Waals surface area contributed by atoms with E-state index in [0.717, 1.165) is 16.6 Å². The number of fused-ring (bicyclic) bond motifs is 1. The predicted molar refractivity (Wildman–Crippen MR) is 75.1 cm³/mol. The van der Waals surface area contributed by atoms with E-state index in [2.05, 4.69) is 4.98 Å². The fraction of sp³-hybridized carbons (Fsp3) is 0.0667. The van der Waals surface area contributed by atoms with Crippen molar-refractivity contribution in [2.45, 2.75) is 6.92 Å². The van der Waals surface area contributed by atoms with Gasteiger partial charge in [0.15, 0.2) is 0 Å². The summed E-state index contributed by atoms with van der Waals surface area (Å²) in [5, 5.41) is 12.0. The van der Waals surface area contributed by atoms with E-state index in [4.69, 9.17) is 0 Å². The molecule has 4 heteroatoms. The summed E-state index contributed by atoms with van der Waals surface area (Å²) in [4.78, 5) is 14.2. The minimum atomic E-state index is -0.323. The lowest BCUT2D eigenvalue weighted by molar-refractivity contribution is -0.382. The van der Waals surface area contributed by atoms with E-state index < -0.39 is 0 Å². The van der Waals surface area contributed by atoms with Crippen molar-refractivity contribution in [1.82, 2.24) is 4.98 Å². The molecule has 0 unspecified atom stereocenters. The van der Waals surface area contributed by atoms with Gasteiger partial charge in [0.2, 0.25) is 0 Å². The number of rotatable bonds is 2. The van der Waals surface area contributed by atoms with Crippen molar-refractivity contribution in [3.05, 3.63) is 64.2 Å². The largest absolute Gasteiger partial charge is 0.349 e. The zero-order chi connectivity index (χ0) is 13.4. The highest BCUT2D eigenvalue weighted by Gasteiger charge is 2.22. The number of nitrogens with one attached hydrogen (secondary N) is 1. The minimum absolute atomic E-state index is 0.140. The summed E-state index contributed by atoms with van der Waals surface area (Å²) in [6.07, 6.45) is 0. The van der Waals surface area contributed by atoms with E-state index in [1.54, 1.807) is 6.07 Å². The van der Waals surface area contributed by atoms with Gasteiger partial charge in [0.05, 0.1) is 15.8 Å². The Kier molecular flexibility index (Phi) is 2.56. The highest BCUT2D eigenvalue weighted by atomic mass is 16.6. The van der Waals surface area contributed by atoms with Gasteiger partial charge < -0.3 is 4.98 Å². The first-order valence-corrected chi connectivity index (χ1v) is 5.99. The summed E-state index contributed by atoms with van der Waals surface area (Å²) in [6, 6.07) is 15.0. The molecule has 0 aliphatic heterocycles. The summed E-state index contributed by atoms with van der Waals surface area (Å²) in [7, 11) is 0. The third kappa shape index (κ3) is 1.87. The summed E-state index contributed by atoms with van der Waals surface area (Å²) in [5.41, 5.74) is 3.39. The first-order chi connectivity index (χ1) is 9.16. The average molecular weight is 252 g/mol. The molecular weight excluding hydrogens is 240 g/mol. The molecule has 0 amide bonds.